The lowest BCUT2D eigenvalue weighted by atomic mass is 10.0. The highest BCUT2D eigenvalue weighted by molar-refractivity contribution is 7.99. The van der Waals surface area contributed by atoms with Crippen LogP contribution >= 0.6 is 11.8 Å². The summed E-state index contributed by atoms with van der Waals surface area (Å²) in [5.74, 6) is 3.20. The van der Waals surface area contributed by atoms with Crippen LogP contribution < -0.4 is 0 Å². The molecule has 0 saturated heterocycles. The van der Waals surface area contributed by atoms with Crippen LogP contribution in [-0.4, -0.2) is 40.5 Å². The number of aromatic amines is 2. The van der Waals surface area contributed by atoms with Crippen LogP contribution in [0.2, 0.25) is 0 Å². The van der Waals surface area contributed by atoms with Gasteiger partial charge in [-0.1, -0.05) is 42.6 Å². The van der Waals surface area contributed by atoms with Crippen LogP contribution in [0.1, 0.15) is 56.0 Å². The second-order valence-electron chi connectivity index (χ2n) is 6.30. The maximum atomic E-state index is 5.31. The topological polar surface area (TPSA) is 122 Å². The van der Waals surface area contributed by atoms with E-state index in [0.29, 0.717) is 22.7 Å². The van der Waals surface area contributed by atoms with Crippen molar-refractivity contribution in [2.24, 2.45) is 5.92 Å². The van der Waals surface area contributed by atoms with Crippen molar-refractivity contribution in [2.45, 2.75) is 55.9 Å². The van der Waals surface area contributed by atoms with Crippen LogP contribution in [0.15, 0.2) is 16.0 Å². The van der Waals surface area contributed by atoms with E-state index in [9.17, 15) is 0 Å². The third-order valence-electron chi connectivity index (χ3n) is 4.47. The van der Waals surface area contributed by atoms with Gasteiger partial charge in [0.05, 0.1) is 5.25 Å². The van der Waals surface area contributed by atoms with Crippen molar-refractivity contribution < 1.29 is 4.52 Å². The summed E-state index contributed by atoms with van der Waals surface area (Å²) < 4.78 is 5.31. The molecule has 1 atom stereocenters. The fraction of sp³-hybridized carbons (Fsp3) is 0.600. The lowest BCUT2D eigenvalue weighted by Gasteiger charge is -2.05. The molecule has 0 spiro atoms. The lowest BCUT2D eigenvalue weighted by Crippen LogP contribution is -1.97. The Morgan fingerprint density at radius 1 is 1.28 bits per heavy atom. The van der Waals surface area contributed by atoms with E-state index in [1.807, 2.05) is 6.92 Å². The van der Waals surface area contributed by atoms with Crippen LogP contribution in [0, 0.1) is 5.92 Å². The van der Waals surface area contributed by atoms with Gasteiger partial charge in [-0.15, -0.1) is 5.10 Å². The number of rotatable bonds is 7. The highest BCUT2D eigenvalue weighted by atomic mass is 32.2. The van der Waals surface area contributed by atoms with E-state index in [-0.39, 0.29) is 5.25 Å². The molecule has 1 saturated carbocycles. The van der Waals surface area contributed by atoms with Gasteiger partial charge in [0.25, 0.3) is 0 Å². The number of hydrogen-bond donors (Lipinski definition) is 2. The minimum absolute atomic E-state index is 0.0531. The van der Waals surface area contributed by atoms with Crippen LogP contribution in [0.3, 0.4) is 0 Å². The zero-order valence-electron chi connectivity index (χ0n) is 14.0. The molecule has 10 heteroatoms. The summed E-state index contributed by atoms with van der Waals surface area (Å²) in [6.07, 6.45) is 9.03. The van der Waals surface area contributed by atoms with Crippen molar-refractivity contribution in [3.63, 3.8) is 0 Å². The molecule has 4 rings (SSSR count). The summed E-state index contributed by atoms with van der Waals surface area (Å²) in [5, 5.41) is 18.4. The first-order valence-electron chi connectivity index (χ1n) is 8.55. The summed E-state index contributed by atoms with van der Waals surface area (Å²) in [6.45, 7) is 1.98. The Kier molecular flexibility index (Phi) is 4.77. The Morgan fingerprint density at radius 2 is 2.16 bits per heavy atom. The van der Waals surface area contributed by atoms with E-state index in [1.54, 1.807) is 0 Å². The van der Waals surface area contributed by atoms with Gasteiger partial charge in [0.2, 0.25) is 16.9 Å². The van der Waals surface area contributed by atoms with Crippen LogP contribution in [-0.2, 0) is 6.42 Å². The second-order valence-corrected chi connectivity index (χ2v) is 7.61. The molecule has 3 heterocycles. The first kappa shape index (κ1) is 16.2. The van der Waals surface area contributed by atoms with E-state index in [1.165, 1.54) is 50.2 Å². The molecular formula is C15H20N8OS. The van der Waals surface area contributed by atoms with E-state index < -0.39 is 0 Å². The Labute approximate surface area is 148 Å². The number of nitrogens with one attached hydrogen (secondary N) is 2. The Hall–Kier alpha value is -2.23. The molecule has 0 aromatic carbocycles. The SMILES string of the molecule is CC(Sc1n[nH]c(CCC2CCCC2)n1)c1nc(-c2ncn[nH]2)no1. The van der Waals surface area contributed by atoms with E-state index in [4.69, 9.17) is 4.52 Å². The summed E-state index contributed by atoms with van der Waals surface area (Å²) in [5.41, 5.74) is 0. The Bertz CT molecular complexity index is 792. The molecule has 2 N–H and O–H groups in total. The molecule has 0 aliphatic heterocycles. The molecule has 1 fully saturated rings. The molecule has 3 aromatic rings. The standard InChI is InChI=1S/C15H20N8OS/c1-9(14-19-13(23-24-14)12-16-8-17-21-12)25-15-18-11(20-22-15)7-6-10-4-2-3-5-10/h8-10H,2-7H2,1H3,(H,16,17,21)(H,18,20,22). The number of nitrogens with zero attached hydrogens (tertiary/aromatic N) is 6. The van der Waals surface area contributed by atoms with Gasteiger partial charge in [-0.3, -0.25) is 10.2 Å². The smallest absolute Gasteiger partial charge is 0.240 e. The maximum Gasteiger partial charge on any atom is 0.240 e. The molecule has 132 valence electrons. The third kappa shape index (κ3) is 3.89. The first-order valence-corrected chi connectivity index (χ1v) is 9.43. The van der Waals surface area contributed by atoms with Gasteiger partial charge in [-0.25, -0.2) is 9.97 Å². The molecule has 0 amide bonds. The highest BCUT2D eigenvalue weighted by Crippen LogP contribution is 2.33. The number of aryl methyl sites for hydroxylation is 1. The van der Waals surface area contributed by atoms with Gasteiger partial charge in [0, 0.05) is 6.42 Å². The van der Waals surface area contributed by atoms with E-state index >= 15 is 0 Å². The largest absolute Gasteiger partial charge is 0.338 e. The van der Waals surface area contributed by atoms with E-state index in [2.05, 4.69) is 40.5 Å². The zero-order valence-corrected chi connectivity index (χ0v) is 14.8. The Morgan fingerprint density at radius 3 is 2.96 bits per heavy atom. The number of aromatic nitrogens is 8. The van der Waals surface area contributed by atoms with Crippen LogP contribution in [0.4, 0.5) is 0 Å². The van der Waals surface area contributed by atoms with Crippen molar-refractivity contribution in [1.29, 1.82) is 0 Å². The molecule has 3 aromatic heterocycles. The molecule has 25 heavy (non-hydrogen) atoms. The van der Waals surface area contributed by atoms with Gasteiger partial charge in [0.1, 0.15) is 12.2 Å². The van der Waals surface area contributed by atoms with Gasteiger partial charge >= 0.3 is 0 Å². The summed E-state index contributed by atoms with van der Waals surface area (Å²) in [4.78, 5) is 12.9. The zero-order chi connectivity index (χ0) is 17.1. The first-order chi connectivity index (χ1) is 12.3. The van der Waals surface area contributed by atoms with Crippen molar-refractivity contribution in [3.05, 3.63) is 18.0 Å². The van der Waals surface area contributed by atoms with Crippen molar-refractivity contribution in [2.75, 3.05) is 0 Å². The number of thioether (sulfide) groups is 1. The number of H-pyrrole nitrogens is 2. The van der Waals surface area contributed by atoms with Gasteiger partial charge in [0.15, 0.2) is 5.82 Å². The lowest BCUT2D eigenvalue weighted by molar-refractivity contribution is 0.380. The molecular weight excluding hydrogens is 340 g/mol. The van der Waals surface area contributed by atoms with Gasteiger partial charge in [-0.2, -0.15) is 10.1 Å². The summed E-state index contributed by atoms with van der Waals surface area (Å²) >= 11 is 1.49. The molecule has 0 bridgehead atoms. The Balaban J connectivity index is 1.34. The third-order valence-corrected chi connectivity index (χ3v) is 5.42. The molecule has 1 aliphatic carbocycles. The van der Waals surface area contributed by atoms with Crippen molar-refractivity contribution in [3.8, 4) is 11.6 Å². The van der Waals surface area contributed by atoms with Gasteiger partial charge in [-0.05, 0) is 19.3 Å². The molecule has 0 radical (unpaired) electrons. The fourth-order valence-corrected chi connectivity index (χ4v) is 3.87. The maximum absolute atomic E-state index is 5.31. The van der Waals surface area contributed by atoms with Gasteiger partial charge < -0.3 is 4.52 Å². The van der Waals surface area contributed by atoms with Crippen LogP contribution in [0.5, 0.6) is 0 Å². The molecule has 9 nitrogen and oxygen atoms in total. The number of hydrogen-bond acceptors (Lipinski definition) is 8. The second kappa shape index (κ2) is 7.34. The molecule has 1 aliphatic rings. The summed E-state index contributed by atoms with van der Waals surface area (Å²) in [7, 11) is 0. The minimum atomic E-state index is -0.0531. The highest BCUT2D eigenvalue weighted by Gasteiger charge is 2.20. The predicted molar refractivity (Wildman–Crippen MR) is 90.6 cm³/mol. The van der Waals surface area contributed by atoms with Crippen LogP contribution in [0.25, 0.3) is 11.6 Å². The van der Waals surface area contributed by atoms with Crippen molar-refractivity contribution >= 4 is 11.8 Å². The monoisotopic (exact) mass is 360 g/mol. The normalized spacial score (nSPS) is 16.5. The summed E-state index contributed by atoms with van der Waals surface area (Å²) in [6, 6.07) is 0. The quantitative estimate of drug-likeness (QED) is 0.617. The fourth-order valence-electron chi connectivity index (χ4n) is 3.10. The average Bonchev–Trinajstić information content (AvgIpc) is 3.40. The van der Waals surface area contributed by atoms with Crippen molar-refractivity contribution in [1.82, 2.24) is 40.5 Å². The molecule has 1 unspecified atom stereocenters. The minimum Gasteiger partial charge on any atom is -0.338 e. The van der Waals surface area contributed by atoms with E-state index in [0.717, 1.165) is 18.2 Å². The predicted octanol–water partition coefficient (Wildman–Crippen LogP) is 2.95. The average molecular weight is 360 g/mol.